The van der Waals surface area contributed by atoms with E-state index >= 15 is 0 Å². The summed E-state index contributed by atoms with van der Waals surface area (Å²) in [7, 11) is 1.82. The van der Waals surface area contributed by atoms with E-state index in [9.17, 15) is 9.59 Å². The normalized spacial score (nSPS) is 36.0. The largest absolute Gasteiger partial charge is 0.446 e. The van der Waals surface area contributed by atoms with E-state index in [4.69, 9.17) is 4.74 Å². The fourth-order valence-corrected chi connectivity index (χ4v) is 10.2. The summed E-state index contributed by atoms with van der Waals surface area (Å²) in [6.45, 7) is 14.7. The van der Waals surface area contributed by atoms with Gasteiger partial charge in [0, 0.05) is 13.0 Å². The predicted molar refractivity (Wildman–Crippen MR) is 169 cm³/mol. The molecule has 0 saturated heterocycles. The van der Waals surface area contributed by atoms with Gasteiger partial charge in [0.05, 0.1) is 6.04 Å². The number of rotatable bonds is 13. The summed E-state index contributed by atoms with van der Waals surface area (Å²) in [5.41, 5.74) is 2.38. The number of fused-ring (bicyclic) bond motifs is 5. The summed E-state index contributed by atoms with van der Waals surface area (Å²) in [6, 6.07) is -0.0852. The fraction of sp³-hybridized carbons (Fsp3) is 0.889. The quantitative estimate of drug-likeness (QED) is 0.172. The minimum Gasteiger partial charge on any atom is -0.446 e. The van der Waals surface area contributed by atoms with E-state index in [1.165, 1.54) is 51.4 Å². The number of unbranched alkanes of at least 4 members (excludes halogenated alkanes) is 1. The van der Waals surface area contributed by atoms with Crippen LogP contribution in [0.2, 0.25) is 0 Å². The molecule has 0 heterocycles. The van der Waals surface area contributed by atoms with Crippen molar-refractivity contribution in [2.45, 2.75) is 144 Å². The first-order valence-corrected chi connectivity index (χ1v) is 17.3. The molecule has 3 saturated carbocycles. The van der Waals surface area contributed by atoms with Crippen LogP contribution < -0.4 is 10.6 Å². The van der Waals surface area contributed by atoms with Crippen molar-refractivity contribution < 1.29 is 14.3 Å². The maximum Gasteiger partial charge on any atom is 0.407 e. The van der Waals surface area contributed by atoms with E-state index in [0.29, 0.717) is 12.0 Å². The number of Topliss-reactive ketones (excluding diaryl/α,β-unsaturated/α-hetero) is 1. The zero-order valence-corrected chi connectivity index (χ0v) is 27.5. The molecule has 0 aromatic rings. The number of alkyl carbamates (subject to hydrolysis) is 1. The van der Waals surface area contributed by atoms with E-state index in [-0.39, 0.29) is 29.4 Å². The monoisotopic (exact) mass is 570 g/mol. The first kappa shape index (κ1) is 32.6. The Kier molecular flexibility index (Phi) is 11.1. The smallest absolute Gasteiger partial charge is 0.407 e. The van der Waals surface area contributed by atoms with Crippen LogP contribution in [0.4, 0.5) is 4.79 Å². The van der Waals surface area contributed by atoms with Crippen molar-refractivity contribution >= 4 is 11.9 Å². The fourth-order valence-electron chi connectivity index (χ4n) is 10.2. The molecular weight excluding hydrogens is 508 g/mol. The zero-order valence-electron chi connectivity index (χ0n) is 27.5. The lowest BCUT2D eigenvalue weighted by molar-refractivity contribution is -0.119. The highest BCUT2D eigenvalue weighted by molar-refractivity contribution is 5.81. The van der Waals surface area contributed by atoms with Gasteiger partial charge in [-0.15, -0.1) is 0 Å². The lowest BCUT2D eigenvalue weighted by Crippen LogP contribution is -2.51. The minimum atomic E-state index is -0.280. The molecule has 0 aromatic carbocycles. The van der Waals surface area contributed by atoms with Gasteiger partial charge in [-0.1, -0.05) is 65.5 Å². The molecular formula is C36H62N2O3. The lowest BCUT2D eigenvalue weighted by atomic mass is 9.47. The molecule has 0 aliphatic heterocycles. The Labute approximate surface area is 251 Å². The molecule has 5 heteroatoms. The minimum absolute atomic E-state index is 0.00587. The van der Waals surface area contributed by atoms with Crippen LogP contribution in [0.25, 0.3) is 0 Å². The predicted octanol–water partition coefficient (Wildman–Crippen LogP) is 8.47. The molecule has 41 heavy (non-hydrogen) atoms. The van der Waals surface area contributed by atoms with Crippen LogP contribution in [-0.2, 0) is 9.53 Å². The molecule has 2 N–H and O–H groups in total. The van der Waals surface area contributed by atoms with Gasteiger partial charge in [-0.2, -0.15) is 0 Å². The number of allylic oxidation sites excluding steroid dienone is 1. The van der Waals surface area contributed by atoms with Gasteiger partial charge in [0.15, 0.2) is 0 Å². The van der Waals surface area contributed by atoms with Crippen molar-refractivity contribution in [3.63, 3.8) is 0 Å². The Morgan fingerprint density at radius 1 is 0.976 bits per heavy atom. The lowest BCUT2D eigenvalue weighted by Gasteiger charge is -2.58. The summed E-state index contributed by atoms with van der Waals surface area (Å²) in [5.74, 6) is 5.26. The van der Waals surface area contributed by atoms with Gasteiger partial charge in [-0.05, 0) is 125 Å². The number of hydrogen-bond acceptors (Lipinski definition) is 4. The van der Waals surface area contributed by atoms with E-state index in [0.717, 1.165) is 74.0 Å². The average Bonchev–Trinajstić information content (AvgIpc) is 3.27. The van der Waals surface area contributed by atoms with Gasteiger partial charge in [0.2, 0.25) is 0 Å². The molecule has 4 rings (SSSR count). The van der Waals surface area contributed by atoms with E-state index in [2.05, 4.69) is 51.3 Å². The molecule has 0 aromatic heterocycles. The third-order valence-electron chi connectivity index (χ3n) is 12.6. The number of carbonyl (C=O) groups excluding carboxylic acids is 2. The highest BCUT2D eigenvalue weighted by Gasteiger charge is 2.59. The number of likely N-dealkylation sites (N-methyl/N-ethyl adjacent to an activating group) is 1. The molecule has 9 unspecified atom stereocenters. The number of ether oxygens (including phenoxy) is 1. The molecule has 5 nitrogen and oxygen atoms in total. The maximum atomic E-state index is 12.6. The van der Waals surface area contributed by atoms with Gasteiger partial charge < -0.3 is 15.4 Å². The van der Waals surface area contributed by atoms with Gasteiger partial charge in [-0.25, -0.2) is 4.79 Å². The van der Waals surface area contributed by atoms with Crippen LogP contribution >= 0.6 is 0 Å². The van der Waals surface area contributed by atoms with Gasteiger partial charge in [-0.3, -0.25) is 4.79 Å². The molecule has 4 aliphatic carbocycles. The summed E-state index contributed by atoms with van der Waals surface area (Å²) in [5, 5.41) is 6.01. The number of amides is 1. The summed E-state index contributed by atoms with van der Waals surface area (Å²) < 4.78 is 5.92. The Bertz CT molecular complexity index is 930. The van der Waals surface area contributed by atoms with E-state index in [1.807, 2.05) is 7.05 Å². The third-order valence-corrected chi connectivity index (χ3v) is 12.6. The second-order valence-corrected chi connectivity index (χ2v) is 15.4. The molecule has 0 spiro atoms. The first-order valence-electron chi connectivity index (χ1n) is 17.3. The van der Waals surface area contributed by atoms with Crippen LogP contribution in [0.15, 0.2) is 11.6 Å². The summed E-state index contributed by atoms with van der Waals surface area (Å²) in [4.78, 5) is 24.1. The second kappa shape index (κ2) is 14.0. The Balaban J connectivity index is 1.28. The number of carbonyl (C=O) groups is 2. The van der Waals surface area contributed by atoms with Crippen LogP contribution in [0.5, 0.6) is 0 Å². The van der Waals surface area contributed by atoms with Crippen molar-refractivity contribution in [3.05, 3.63) is 11.6 Å². The highest BCUT2D eigenvalue weighted by Crippen LogP contribution is 2.67. The zero-order chi connectivity index (χ0) is 29.8. The standard InChI is InChI=1S/C36H62N2O3/c1-24(2)11-10-12-25(3)30-16-17-31-29-15-14-27-23-28(18-20-35(27,5)32(29)19-21-36(30,31)6)41-34(40)38-22-9-8-13-33(37-7)26(4)39/h14,24-25,28-33,37H,8-13,15-23H2,1-7H3,(H,38,40). The van der Waals surface area contributed by atoms with Crippen molar-refractivity contribution in [3.8, 4) is 0 Å². The number of ketones is 1. The summed E-state index contributed by atoms with van der Waals surface area (Å²) in [6.07, 6.45) is 19.0. The Morgan fingerprint density at radius 3 is 2.46 bits per heavy atom. The third kappa shape index (κ3) is 7.24. The van der Waals surface area contributed by atoms with Gasteiger partial charge >= 0.3 is 6.09 Å². The molecule has 4 aliphatic rings. The van der Waals surface area contributed by atoms with Crippen LogP contribution in [0, 0.1) is 46.3 Å². The molecule has 9 atom stereocenters. The second-order valence-electron chi connectivity index (χ2n) is 15.4. The molecule has 234 valence electrons. The average molecular weight is 571 g/mol. The van der Waals surface area contributed by atoms with Crippen LogP contribution in [0.3, 0.4) is 0 Å². The molecule has 0 radical (unpaired) electrons. The maximum absolute atomic E-state index is 12.6. The Hall–Kier alpha value is -1.36. The highest BCUT2D eigenvalue weighted by atomic mass is 16.6. The van der Waals surface area contributed by atoms with Crippen molar-refractivity contribution in [1.82, 2.24) is 10.6 Å². The van der Waals surface area contributed by atoms with E-state index in [1.54, 1.807) is 12.5 Å². The Morgan fingerprint density at radius 2 is 1.76 bits per heavy atom. The van der Waals surface area contributed by atoms with E-state index < -0.39 is 0 Å². The summed E-state index contributed by atoms with van der Waals surface area (Å²) >= 11 is 0. The van der Waals surface area contributed by atoms with Crippen LogP contribution in [0.1, 0.15) is 131 Å². The molecule has 1 amide bonds. The number of nitrogens with one attached hydrogen (secondary N) is 2. The van der Waals surface area contributed by atoms with Gasteiger partial charge in [0.25, 0.3) is 0 Å². The van der Waals surface area contributed by atoms with Crippen LogP contribution in [-0.4, -0.2) is 37.6 Å². The van der Waals surface area contributed by atoms with Crippen molar-refractivity contribution in [2.75, 3.05) is 13.6 Å². The van der Waals surface area contributed by atoms with Crippen molar-refractivity contribution in [1.29, 1.82) is 0 Å². The molecule has 0 bridgehead atoms. The van der Waals surface area contributed by atoms with Gasteiger partial charge in [0.1, 0.15) is 11.9 Å². The number of hydrogen-bond donors (Lipinski definition) is 2. The first-order chi connectivity index (χ1) is 19.5. The topological polar surface area (TPSA) is 67.4 Å². The van der Waals surface area contributed by atoms with Crippen molar-refractivity contribution in [2.24, 2.45) is 46.3 Å². The SMILES string of the molecule is CNC(CCCCNC(=O)OC1CCC2(C)C(=CCC3C2CCC2(C)C(C(C)CCCC(C)C)CCC32)C1)C(C)=O. The molecule has 3 fully saturated rings.